The van der Waals surface area contributed by atoms with Crippen LogP contribution in [0, 0.1) is 0 Å². The number of carbonyl (C=O) groups excluding carboxylic acids is 3. The van der Waals surface area contributed by atoms with Gasteiger partial charge in [0.25, 0.3) is 5.91 Å². The summed E-state index contributed by atoms with van der Waals surface area (Å²) >= 11 is 0. The van der Waals surface area contributed by atoms with E-state index in [1.54, 1.807) is 45.0 Å². The quantitative estimate of drug-likeness (QED) is 0.260. The van der Waals surface area contributed by atoms with Crippen LogP contribution in [0.25, 0.3) is 0 Å². The van der Waals surface area contributed by atoms with Crippen molar-refractivity contribution < 1.29 is 19.1 Å². The molecule has 0 saturated carbocycles. The molecule has 0 atom stereocenters. The van der Waals surface area contributed by atoms with E-state index in [2.05, 4.69) is 74.7 Å². The predicted octanol–water partition coefficient (Wildman–Crippen LogP) is 5.32. The van der Waals surface area contributed by atoms with Gasteiger partial charge in [-0.1, -0.05) is 72.8 Å². The Morgan fingerprint density at radius 3 is 1.95 bits per heavy atom. The normalized spacial score (nSPS) is 14.2. The second-order valence-electron chi connectivity index (χ2n) is 11.4. The lowest BCUT2D eigenvalue weighted by Crippen LogP contribution is -2.46. The van der Waals surface area contributed by atoms with E-state index in [1.165, 1.54) is 11.1 Å². The number of hydrogen-bond donors (Lipinski definition) is 4. The van der Waals surface area contributed by atoms with Crippen LogP contribution >= 0.6 is 0 Å². The van der Waals surface area contributed by atoms with Gasteiger partial charge in [-0.25, -0.2) is 9.59 Å². The highest BCUT2D eigenvalue weighted by Crippen LogP contribution is 2.31. The number of carbonyl (C=O) groups is 3. The van der Waals surface area contributed by atoms with Gasteiger partial charge in [0, 0.05) is 32.2 Å². The Morgan fingerprint density at radius 1 is 0.810 bits per heavy atom. The molecule has 0 aliphatic carbocycles. The molecule has 1 aliphatic rings. The number of benzene rings is 3. The molecular weight excluding hydrogens is 530 g/mol. The lowest BCUT2D eigenvalue weighted by atomic mass is 9.94. The van der Waals surface area contributed by atoms with Crippen molar-refractivity contribution in [2.75, 3.05) is 31.5 Å². The number of alkyl carbamates (subject to hydrolysis) is 1. The maximum absolute atomic E-state index is 13.3. The predicted molar refractivity (Wildman–Crippen MR) is 164 cm³/mol. The third-order valence-electron chi connectivity index (χ3n) is 6.96. The molecule has 0 unspecified atom stereocenters. The van der Waals surface area contributed by atoms with E-state index < -0.39 is 17.7 Å². The van der Waals surface area contributed by atoms with Crippen molar-refractivity contribution >= 4 is 23.7 Å². The van der Waals surface area contributed by atoms with Crippen LogP contribution in [-0.4, -0.2) is 60.8 Å². The van der Waals surface area contributed by atoms with E-state index >= 15 is 0 Å². The summed E-state index contributed by atoms with van der Waals surface area (Å²) in [5, 5.41) is 11.2. The van der Waals surface area contributed by atoms with Crippen molar-refractivity contribution in [1.29, 1.82) is 0 Å². The minimum Gasteiger partial charge on any atom is -0.444 e. The van der Waals surface area contributed by atoms with Crippen LogP contribution in [-0.2, 0) is 4.74 Å². The molecule has 222 valence electrons. The Kier molecular flexibility index (Phi) is 10.6. The van der Waals surface area contributed by atoms with Crippen LogP contribution in [0.4, 0.5) is 15.3 Å². The van der Waals surface area contributed by atoms with Crippen LogP contribution in [0.1, 0.15) is 61.1 Å². The Labute approximate surface area is 248 Å². The van der Waals surface area contributed by atoms with E-state index in [0.29, 0.717) is 11.3 Å². The number of nitrogens with one attached hydrogen (secondary N) is 4. The molecule has 4 N–H and O–H groups in total. The molecule has 0 spiro atoms. The van der Waals surface area contributed by atoms with Crippen molar-refractivity contribution in [3.05, 3.63) is 102 Å². The van der Waals surface area contributed by atoms with Gasteiger partial charge in [-0.3, -0.25) is 9.69 Å². The van der Waals surface area contributed by atoms with Crippen LogP contribution < -0.4 is 21.3 Å². The molecule has 9 nitrogen and oxygen atoms in total. The molecule has 1 fully saturated rings. The molecule has 4 amide bonds. The standard InChI is InChI=1S/C33H41N5O4/c1-33(2,3)42-32(41)35-21-20-34-31(40)37-28-17-11-10-16-27(28)30(39)36-26-18-22-38(23-19-26)29(24-12-6-4-7-13-24)25-14-8-5-9-15-25/h4-17,26,29H,18-23H2,1-3H3,(H,35,41)(H,36,39)(H2,34,37,40). The summed E-state index contributed by atoms with van der Waals surface area (Å²) in [6.07, 6.45) is 1.10. The van der Waals surface area contributed by atoms with Gasteiger partial charge in [-0.05, 0) is 56.9 Å². The summed E-state index contributed by atoms with van der Waals surface area (Å²) < 4.78 is 5.18. The van der Waals surface area contributed by atoms with Gasteiger partial charge in [-0.15, -0.1) is 0 Å². The third-order valence-corrected chi connectivity index (χ3v) is 6.96. The molecule has 1 heterocycles. The Hall–Kier alpha value is -4.37. The smallest absolute Gasteiger partial charge is 0.407 e. The van der Waals surface area contributed by atoms with Crippen molar-refractivity contribution in [2.45, 2.75) is 51.3 Å². The Bertz CT molecular complexity index is 1280. The SMILES string of the molecule is CC(C)(C)OC(=O)NCCNC(=O)Nc1ccccc1C(=O)NC1CCN(C(c2ccccc2)c2ccccc2)CC1. The van der Waals surface area contributed by atoms with Crippen LogP contribution in [0.5, 0.6) is 0 Å². The topological polar surface area (TPSA) is 112 Å². The van der Waals surface area contributed by atoms with E-state index in [-0.39, 0.29) is 31.1 Å². The first-order valence-corrected chi connectivity index (χ1v) is 14.4. The lowest BCUT2D eigenvalue weighted by Gasteiger charge is -2.38. The van der Waals surface area contributed by atoms with Gasteiger partial charge >= 0.3 is 12.1 Å². The number of anilines is 1. The van der Waals surface area contributed by atoms with Gasteiger partial charge in [0.1, 0.15) is 5.60 Å². The Balaban J connectivity index is 1.29. The molecule has 9 heteroatoms. The fourth-order valence-electron chi connectivity index (χ4n) is 5.06. The number of ether oxygens (including phenoxy) is 1. The number of piperidine rings is 1. The number of amides is 4. The highest BCUT2D eigenvalue weighted by molar-refractivity contribution is 6.03. The summed E-state index contributed by atoms with van der Waals surface area (Å²) in [7, 11) is 0. The summed E-state index contributed by atoms with van der Waals surface area (Å²) in [5.74, 6) is -0.224. The first kappa shape index (κ1) is 30.6. The van der Waals surface area contributed by atoms with Crippen molar-refractivity contribution in [3.8, 4) is 0 Å². The van der Waals surface area contributed by atoms with Crippen LogP contribution in [0.2, 0.25) is 0 Å². The molecule has 3 aromatic carbocycles. The molecule has 1 aliphatic heterocycles. The molecule has 4 rings (SSSR count). The summed E-state index contributed by atoms with van der Waals surface area (Å²) in [4.78, 5) is 40.0. The minimum atomic E-state index is -0.594. The van der Waals surface area contributed by atoms with E-state index in [1.807, 2.05) is 12.1 Å². The van der Waals surface area contributed by atoms with E-state index in [0.717, 1.165) is 25.9 Å². The van der Waals surface area contributed by atoms with E-state index in [9.17, 15) is 14.4 Å². The average Bonchev–Trinajstić information content (AvgIpc) is 2.97. The lowest BCUT2D eigenvalue weighted by molar-refractivity contribution is 0.0528. The number of urea groups is 1. The van der Waals surface area contributed by atoms with Gasteiger partial charge < -0.3 is 26.0 Å². The van der Waals surface area contributed by atoms with Crippen molar-refractivity contribution in [1.82, 2.24) is 20.9 Å². The van der Waals surface area contributed by atoms with Crippen molar-refractivity contribution in [3.63, 3.8) is 0 Å². The molecule has 3 aromatic rings. The van der Waals surface area contributed by atoms with E-state index in [4.69, 9.17) is 4.74 Å². The zero-order chi connectivity index (χ0) is 30.0. The van der Waals surface area contributed by atoms with Gasteiger partial charge in [-0.2, -0.15) is 0 Å². The maximum atomic E-state index is 13.3. The number of likely N-dealkylation sites (tertiary alicyclic amines) is 1. The zero-order valence-electron chi connectivity index (χ0n) is 24.6. The fraction of sp³-hybridized carbons (Fsp3) is 0.364. The number of para-hydroxylation sites is 1. The summed E-state index contributed by atoms with van der Waals surface area (Å²) in [6.45, 7) is 7.44. The Morgan fingerprint density at radius 2 is 1.36 bits per heavy atom. The highest BCUT2D eigenvalue weighted by Gasteiger charge is 2.28. The van der Waals surface area contributed by atoms with Gasteiger partial charge in [0.2, 0.25) is 0 Å². The maximum Gasteiger partial charge on any atom is 0.407 e. The second-order valence-corrected chi connectivity index (χ2v) is 11.4. The molecule has 0 bridgehead atoms. The molecule has 42 heavy (non-hydrogen) atoms. The minimum absolute atomic E-state index is 0.0294. The zero-order valence-corrected chi connectivity index (χ0v) is 24.6. The van der Waals surface area contributed by atoms with Crippen molar-refractivity contribution in [2.24, 2.45) is 0 Å². The molecule has 1 saturated heterocycles. The van der Waals surface area contributed by atoms with Gasteiger partial charge in [0.05, 0.1) is 17.3 Å². The third kappa shape index (κ3) is 9.07. The largest absolute Gasteiger partial charge is 0.444 e. The molecule has 0 radical (unpaired) electrons. The highest BCUT2D eigenvalue weighted by atomic mass is 16.6. The summed E-state index contributed by atoms with van der Waals surface area (Å²) in [5.41, 5.74) is 2.73. The second kappa shape index (κ2) is 14.5. The molecular formula is C33H41N5O4. The number of nitrogens with zero attached hydrogens (tertiary/aromatic N) is 1. The van der Waals surface area contributed by atoms with Crippen LogP contribution in [0.3, 0.4) is 0 Å². The van der Waals surface area contributed by atoms with Gasteiger partial charge in [0.15, 0.2) is 0 Å². The number of hydrogen-bond acceptors (Lipinski definition) is 5. The first-order valence-electron chi connectivity index (χ1n) is 14.4. The summed E-state index contributed by atoms with van der Waals surface area (Å²) in [6, 6.07) is 27.7. The average molecular weight is 572 g/mol. The number of rotatable bonds is 9. The first-order chi connectivity index (χ1) is 20.2. The monoisotopic (exact) mass is 571 g/mol. The molecule has 0 aromatic heterocycles. The fourth-order valence-corrected chi connectivity index (χ4v) is 5.06. The van der Waals surface area contributed by atoms with Crippen LogP contribution in [0.15, 0.2) is 84.9 Å².